The Hall–Kier alpha value is -3.81. The maximum absolute atomic E-state index is 12.6. The average Bonchev–Trinajstić information content (AvgIpc) is 3.23. The molecule has 0 atom stereocenters. The van der Waals surface area contributed by atoms with Gasteiger partial charge in [-0.2, -0.15) is 13.2 Å². The number of rotatable bonds is 3. The normalized spacial score (nSPS) is 13.7. The summed E-state index contributed by atoms with van der Waals surface area (Å²) >= 11 is 0. The highest BCUT2D eigenvalue weighted by molar-refractivity contribution is 5.98. The SMILES string of the molecule is O=C(c1ccccc1)N1C=CN(c2ccc3cc(NC(=O)C(F)(F)F)ccc3c2)C1. The monoisotopic (exact) mass is 411 g/mol. The molecular weight excluding hydrogens is 395 g/mol. The van der Waals surface area contributed by atoms with Crippen LogP contribution in [0.4, 0.5) is 24.5 Å². The number of amides is 2. The first-order chi connectivity index (χ1) is 14.3. The summed E-state index contributed by atoms with van der Waals surface area (Å²) in [4.78, 5) is 27.2. The predicted molar refractivity (Wildman–Crippen MR) is 108 cm³/mol. The number of benzene rings is 3. The molecular formula is C22H16F3N3O2. The van der Waals surface area contributed by atoms with Gasteiger partial charge < -0.3 is 10.2 Å². The van der Waals surface area contributed by atoms with Gasteiger partial charge in [0, 0.05) is 29.3 Å². The van der Waals surface area contributed by atoms with E-state index in [1.165, 1.54) is 12.1 Å². The third kappa shape index (κ3) is 3.98. The summed E-state index contributed by atoms with van der Waals surface area (Å²) in [6.07, 6.45) is -1.45. The average molecular weight is 411 g/mol. The van der Waals surface area contributed by atoms with Crippen LogP contribution in [0, 0.1) is 0 Å². The van der Waals surface area contributed by atoms with Gasteiger partial charge in [0.05, 0.1) is 0 Å². The molecule has 0 spiro atoms. The van der Waals surface area contributed by atoms with Crippen LogP contribution in [0.25, 0.3) is 10.8 Å². The molecule has 0 bridgehead atoms. The molecule has 0 aromatic heterocycles. The van der Waals surface area contributed by atoms with E-state index < -0.39 is 12.1 Å². The molecule has 4 rings (SSSR count). The van der Waals surface area contributed by atoms with Crippen molar-refractivity contribution in [3.05, 3.63) is 84.7 Å². The van der Waals surface area contributed by atoms with Crippen LogP contribution < -0.4 is 10.2 Å². The first-order valence-corrected chi connectivity index (χ1v) is 9.04. The zero-order chi connectivity index (χ0) is 21.3. The number of hydrogen-bond acceptors (Lipinski definition) is 3. The highest BCUT2D eigenvalue weighted by atomic mass is 19.4. The van der Waals surface area contributed by atoms with Gasteiger partial charge in [-0.15, -0.1) is 0 Å². The maximum atomic E-state index is 12.6. The summed E-state index contributed by atoms with van der Waals surface area (Å²) in [5.74, 6) is -2.12. The van der Waals surface area contributed by atoms with Crippen LogP contribution in [-0.4, -0.2) is 29.6 Å². The van der Waals surface area contributed by atoms with Crippen molar-refractivity contribution in [2.45, 2.75) is 6.18 Å². The lowest BCUT2D eigenvalue weighted by Gasteiger charge is -2.20. The van der Waals surface area contributed by atoms with Gasteiger partial charge in [-0.3, -0.25) is 14.5 Å². The second-order valence-electron chi connectivity index (χ2n) is 6.75. The summed E-state index contributed by atoms with van der Waals surface area (Å²) in [6, 6.07) is 18.9. The third-order valence-corrected chi connectivity index (χ3v) is 4.68. The van der Waals surface area contributed by atoms with Crippen LogP contribution in [0.5, 0.6) is 0 Å². The minimum absolute atomic E-state index is 0.0678. The quantitative estimate of drug-likeness (QED) is 0.678. The fraction of sp³-hybridized carbons (Fsp3) is 0.0909. The summed E-state index contributed by atoms with van der Waals surface area (Å²) in [5, 5.41) is 3.32. The highest BCUT2D eigenvalue weighted by Gasteiger charge is 2.38. The van der Waals surface area contributed by atoms with Crippen molar-refractivity contribution in [2.75, 3.05) is 16.9 Å². The van der Waals surface area contributed by atoms with E-state index >= 15 is 0 Å². The molecule has 0 saturated heterocycles. The molecule has 1 aliphatic rings. The Morgan fingerprint density at radius 2 is 1.57 bits per heavy atom. The van der Waals surface area contributed by atoms with Crippen LogP contribution >= 0.6 is 0 Å². The fourth-order valence-corrected chi connectivity index (χ4v) is 3.16. The lowest BCUT2D eigenvalue weighted by molar-refractivity contribution is -0.167. The molecule has 1 aliphatic heterocycles. The van der Waals surface area contributed by atoms with Crippen molar-refractivity contribution in [3.63, 3.8) is 0 Å². The summed E-state index contributed by atoms with van der Waals surface area (Å²) in [5.41, 5.74) is 1.49. The van der Waals surface area contributed by atoms with Gasteiger partial charge >= 0.3 is 12.1 Å². The zero-order valence-corrected chi connectivity index (χ0v) is 15.6. The Kier molecular flexibility index (Phi) is 4.91. The predicted octanol–water partition coefficient (Wildman–Crippen LogP) is 4.73. The number of nitrogens with one attached hydrogen (secondary N) is 1. The lowest BCUT2D eigenvalue weighted by Crippen LogP contribution is -2.30. The van der Waals surface area contributed by atoms with E-state index in [2.05, 4.69) is 0 Å². The van der Waals surface area contributed by atoms with E-state index in [4.69, 9.17) is 0 Å². The Morgan fingerprint density at radius 3 is 2.30 bits per heavy atom. The molecule has 8 heteroatoms. The molecule has 30 heavy (non-hydrogen) atoms. The van der Waals surface area contributed by atoms with Crippen molar-refractivity contribution in [1.82, 2.24) is 4.90 Å². The van der Waals surface area contributed by atoms with Gasteiger partial charge in [0.15, 0.2) is 0 Å². The molecule has 0 unspecified atom stereocenters. The van der Waals surface area contributed by atoms with Crippen molar-refractivity contribution in [1.29, 1.82) is 0 Å². The smallest absolute Gasteiger partial charge is 0.328 e. The van der Waals surface area contributed by atoms with E-state index in [9.17, 15) is 22.8 Å². The maximum Gasteiger partial charge on any atom is 0.471 e. The standard InChI is InChI=1S/C22H16F3N3O2/c23-22(24,25)21(30)26-18-8-6-17-13-19(9-7-16(17)12-18)27-10-11-28(14-27)20(29)15-4-2-1-3-5-15/h1-13H,14H2,(H,26,30). The van der Waals surface area contributed by atoms with Gasteiger partial charge in [0.2, 0.25) is 0 Å². The topological polar surface area (TPSA) is 52.7 Å². The first kappa shape index (κ1) is 19.5. The van der Waals surface area contributed by atoms with Crippen LogP contribution in [0.1, 0.15) is 10.4 Å². The Bertz CT molecular complexity index is 1140. The largest absolute Gasteiger partial charge is 0.471 e. The van der Waals surface area contributed by atoms with Crippen molar-refractivity contribution in [2.24, 2.45) is 0 Å². The van der Waals surface area contributed by atoms with Crippen molar-refractivity contribution >= 4 is 34.0 Å². The van der Waals surface area contributed by atoms with Crippen molar-refractivity contribution in [3.8, 4) is 0 Å². The Balaban J connectivity index is 1.49. The molecule has 1 N–H and O–H groups in total. The summed E-state index contributed by atoms with van der Waals surface area (Å²) in [6.45, 7) is 0.346. The second kappa shape index (κ2) is 7.55. The van der Waals surface area contributed by atoms with E-state index in [0.29, 0.717) is 17.6 Å². The number of nitrogens with zero attached hydrogens (tertiary/aromatic N) is 2. The number of anilines is 2. The van der Waals surface area contributed by atoms with E-state index in [1.54, 1.807) is 59.8 Å². The Morgan fingerprint density at radius 1 is 0.867 bits per heavy atom. The summed E-state index contributed by atoms with van der Waals surface area (Å²) < 4.78 is 37.3. The number of hydrogen-bond donors (Lipinski definition) is 1. The number of carbonyl (C=O) groups is 2. The zero-order valence-electron chi connectivity index (χ0n) is 15.6. The number of carbonyl (C=O) groups excluding carboxylic acids is 2. The molecule has 2 amide bonds. The van der Waals surface area contributed by atoms with Gasteiger partial charge in [0.25, 0.3) is 5.91 Å². The minimum Gasteiger partial charge on any atom is -0.328 e. The van der Waals surface area contributed by atoms with Gasteiger partial charge in [0.1, 0.15) is 6.67 Å². The van der Waals surface area contributed by atoms with Crippen molar-refractivity contribution < 1.29 is 22.8 Å². The number of fused-ring (bicyclic) bond motifs is 1. The molecule has 1 heterocycles. The highest BCUT2D eigenvalue weighted by Crippen LogP contribution is 2.28. The molecule has 0 fully saturated rings. The van der Waals surface area contributed by atoms with E-state index in [-0.39, 0.29) is 11.6 Å². The molecule has 0 aliphatic carbocycles. The number of halogens is 3. The van der Waals surface area contributed by atoms with Crippen LogP contribution in [0.15, 0.2) is 79.1 Å². The lowest BCUT2D eigenvalue weighted by atomic mass is 10.1. The molecule has 3 aromatic rings. The molecule has 0 radical (unpaired) electrons. The Labute approximate surface area is 170 Å². The van der Waals surface area contributed by atoms with E-state index in [0.717, 1.165) is 11.1 Å². The van der Waals surface area contributed by atoms with Gasteiger partial charge in [-0.1, -0.05) is 30.3 Å². The fourth-order valence-electron chi connectivity index (χ4n) is 3.16. The molecule has 0 saturated carbocycles. The van der Waals surface area contributed by atoms with Crippen LogP contribution in [0.3, 0.4) is 0 Å². The van der Waals surface area contributed by atoms with E-state index in [1.807, 2.05) is 22.3 Å². The van der Waals surface area contributed by atoms with Gasteiger partial charge in [-0.05, 0) is 47.2 Å². The van der Waals surface area contributed by atoms with Crippen LogP contribution in [0.2, 0.25) is 0 Å². The second-order valence-corrected chi connectivity index (χ2v) is 6.75. The van der Waals surface area contributed by atoms with Crippen LogP contribution in [-0.2, 0) is 4.79 Å². The molecule has 5 nitrogen and oxygen atoms in total. The molecule has 3 aromatic carbocycles. The third-order valence-electron chi connectivity index (χ3n) is 4.68. The first-order valence-electron chi connectivity index (χ1n) is 9.04. The summed E-state index contributed by atoms with van der Waals surface area (Å²) in [7, 11) is 0. The number of alkyl halides is 3. The minimum atomic E-state index is -4.94. The molecule has 152 valence electrons. The van der Waals surface area contributed by atoms with Gasteiger partial charge in [-0.25, -0.2) is 0 Å².